The third-order valence-electron chi connectivity index (χ3n) is 3.05. The highest BCUT2D eigenvalue weighted by Crippen LogP contribution is 2.29. The van der Waals surface area contributed by atoms with Gasteiger partial charge in [-0.05, 0) is 38.8 Å². The summed E-state index contributed by atoms with van der Waals surface area (Å²) in [5, 5.41) is 3.25. The van der Waals surface area contributed by atoms with Gasteiger partial charge in [0.15, 0.2) is 0 Å². The van der Waals surface area contributed by atoms with E-state index in [1.54, 1.807) is 0 Å². The second-order valence-electron chi connectivity index (χ2n) is 5.14. The second kappa shape index (κ2) is 4.43. The van der Waals surface area contributed by atoms with E-state index in [-0.39, 0.29) is 0 Å². The Balaban J connectivity index is 2.42. The van der Waals surface area contributed by atoms with Gasteiger partial charge in [-0.2, -0.15) is 0 Å². The highest BCUT2D eigenvalue weighted by Gasteiger charge is 2.28. The lowest BCUT2D eigenvalue weighted by molar-refractivity contribution is 0.0850. The quantitative estimate of drug-likeness (QED) is 0.718. The Bertz CT molecular complexity index is 154. The minimum atomic E-state index is 0.528. The van der Waals surface area contributed by atoms with Crippen LogP contribution < -0.4 is 5.32 Å². The molecule has 0 aromatic heterocycles. The van der Waals surface area contributed by atoms with Crippen LogP contribution in [-0.4, -0.2) is 37.6 Å². The van der Waals surface area contributed by atoms with Crippen molar-refractivity contribution in [2.24, 2.45) is 5.41 Å². The van der Waals surface area contributed by atoms with Crippen molar-refractivity contribution in [1.29, 1.82) is 0 Å². The van der Waals surface area contributed by atoms with Gasteiger partial charge in [0, 0.05) is 19.1 Å². The number of nitrogens with zero attached hydrogens (tertiary/aromatic N) is 1. The van der Waals surface area contributed by atoms with E-state index in [0.717, 1.165) is 6.54 Å². The van der Waals surface area contributed by atoms with Crippen LogP contribution >= 0.6 is 0 Å². The van der Waals surface area contributed by atoms with E-state index in [0.29, 0.717) is 11.5 Å². The molecule has 0 amide bonds. The van der Waals surface area contributed by atoms with Gasteiger partial charge in [-0.25, -0.2) is 0 Å². The van der Waals surface area contributed by atoms with Gasteiger partial charge >= 0.3 is 0 Å². The Hall–Kier alpha value is -0.0800. The zero-order valence-electron chi connectivity index (χ0n) is 9.56. The molecule has 1 atom stereocenters. The van der Waals surface area contributed by atoms with Crippen LogP contribution in [0.4, 0.5) is 0 Å². The molecule has 1 unspecified atom stereocenters. The molecule has 1 aliphatic rings. The van der Waals surface area contributed by atoms with E-state index in [2.05, 4.69) is 31.0 Å². The number of nitrogens with one attached hydrogen (secondary N) is 1. The lowest BCUT2D eigenvalue weighted by atomic mass is 9.83. The van der Waals surface area contributed by atoms with Crippen molar-refractivity contribution in [1.82, 2.24) is 10.2 Å². The van der Waals surface area contributed by atoms with Crippen molar-refractivity contribution in [2.45, 2.75) is 39.7 Å². The molecule has 1 heterocycles. The Labute approximate surface area is 82.7 Å². The molecule has 0 aromatic carbocycles. The summed E-state index contributed by atoms with van der Waals surface area (Å²) < 4.78 is 0. The molecule has 0 saturated carbocycles. The Morgan fingerprint density at radius 1 is 1.46 bits per heavy atom. The first-order valence-corrected chi connectivity index (χ1v) is 5.44. The topological polar surface area (TPSA) is 15.3 Å². The van der Waals surface area contributed by atoms with Crippen molar-refractivity contribution in [3.63, 3.8) is 0 Å². The van der Waals surface area contributed by atoms with Crippen LogP contribution in [0.2, 0.25) is 0 Å². The number of rotatable bonds is 3. The molecular weight excluding hydrogens is 160 g/mol. The summed E-state index contributed by atoms with van der Waals surface area (Å²) >= 11 is 0. The van der Waals surface area contributed by atoms with E-state index in [1.807, 2.05) is 7.05 Å². The maximum atomic E-state index is 3.25. The summed E-state index contributed by atoms with van der Waals surface area (Å²) in [6.07, 6.45) is 2.75. The Morgan fingerprint density at radius 3 is 2.69 bits per heavy atom. The average molecular weight is 184 g/mol. The van der Waals surface area contributed by atoms with Crippen LogP contribution in [0.5, 0.6) is 0 Å². The van der Waals surface area contributed by atoms with Crippen molar-refractivity contribution >= 4 is 0 Å². The molecule has 0 bridgehead atoms. The van der Waals surface area contributed by atoms with Crippen LogP contribution in [0.25, 0.3) is 0 Å². The fourth-order valence-corrected chi connectivity index (χ4v) is 2.27. The van der Waals surface area contributed by atoms with Gasteiger partial charge in [0.2, 0.25) is 0 Å². The molecule has 1 aliphatic heterocycles. The van der Waals surface area contributed by atoms with Gasteiger partial charge in [0.1, 0.15) is 0 Å². The molecule has 0 aromatic rings. The smallest absolute Gasteiger partial charge is 0.0192 e. The summed E-state index contributed by atoms with van der Waals surface area (Å²) in [7, 11) is 2.03. The summed E-state index contributed by atoms with van der Waals surface area (Å²) in [6.45, 7) is 10.7. The number of hydrogen-bond donors (Lipinski definition) is 1. The number of piperidine rings is 1. The maximum absolute atomic E-state index is 3.25. The van der Waals surface area contributed by atoms with Gasteiger partial charge in [-0.1, -0.05) is 13.8 Å². The van der Waals surface area contributed by atoms with E-state index in [9.17, 15) is 0 Å². The molecule has 2 nitrogen and oxygen atoms in total. The van der Waals surface area contributed by atoms with Crippen LogP contribution in [0, 0.1) is 5.41 Å². The van der Waals surface area contributed by atoms with Crippen LogP contribution in [0.3, 0.4) is 0 Å². The maximum Gasteiger partial charge on any atom is 0.0192 e. The van der Waals surface area contributed by atoms with Crippen LogP contribution in [0.15, 0.2) is 0 Å². The third kappa shape index (κ3) is 3.28. The highest BCUT2D eigenvalue weighted by molar-refractivity contribution is 4.82. The number of hydrogen-bond acceptors (Lipinski definition) is 2. The van der Waals surface area contributed by atoms with Gasteiger partial charge in [0.05, 0.1) is 0 Å². The normalized spacial score (nSPS) is 25.8. The van der Waals surface area contributed by atoms with Crippen molar-refractivity contribution in [3.05, 3.63) is 0 Å². The molecule has 0 radical (unpaired) electrons. The number of likely N-dealkylation sites (tertiary alicyclic amines) is 1. The number of likely N-dealkylation sites (N-methyl/N-ethyl adjacent to an activating group) is 1. The van der Waals surface area contributed by atoms with Gasteiger partial charge < -0.3 is 5.32 Å². The molecule has 2 heteroatoms. The summed E-state index contributed by atoms with van der Waals surface area (Å²) in [5.41, 5.74) is 0.528. The van der Waals surface area contributed by atoms with E-state index < -0.39 is 0 Å². The molecule has 0 aliphatic carbocycles. The molecule has 1 saturated heterocycles. The lowest BCUT2D eigenvalue weighted by Gasteiger charge is -2.41. The monoisotopic (exact) mass is 184 g/mol. The first-order valence-electron chi connectivity index (χ1n) is 5.44. The summed E-state index contributed by atoms with van der Waals surface area (Å²) in [6, 6.07) is 0.685. The largest absolute Gasteiger partial charge is 0.318 e. The van der Waals surface area contributed by atoms with Crippen molar-refractivity contribution in [2.75, 3.05) is 26.7 Å². The summed E-state index contributed by atoms with van der Waals surface area (Å²) in [4.78, 5) is 2.61. The molecule has 78 valence electrons. The second-order valence-corrected chi connectivity index (χ2v) is 5.14. The van der Waals surface area contributed by atoms with Crippen LogP contribution in [-0.2, 0) is 0 Å². The molecule has 13 heavy (non-hydrogen) atoms. The van der Waals surface area contributed by atoms with E-state index in [1.165, 1.54) is 25.9 Å². The predicted molar refractivity (Wildman–Crippen MR) is 58.0 cm³/mol. The minimum absolute atomic E-state index is 0.528. The van der Waals surface area contributed by atoms with Gasteiger partial charge in [0.25, 0.3) is 0 Å². The minimum Gasteiger partial charge on any atom is -0.318 e. The van der Waals surface area contributed by atoms with Gasteiger partial charge in [-0.3, -0.25) is 4.90 Å². The predicted octanol–water partition coefficient (Wildman–Crippen LogP) is 1.72. The fraction of sp³-hybridized carbons (Fsp3) is 1.00. The molecular formula is C11H24N2. The zero-order chi connectivity index (χ0) is 9.90. The van der Waals surface area contributed by atoms with Crippen molar-refractivity contribution in [3.8, 4) is 0 Å². The standard InChI is InChI=1S/C11H24N2/c1-10(8-12-4)13-7-5-6-11(2,3)9-13/h10,12H,5-9H2,1-4H3. The first-order chi connectivity index (χ1) is 6.05. The fourth-order valence-electron chi connectivity index (χ4n) is 2.27. The van der Waals surface area contributed by atoms with E-state index in [4.69, 9.17) is 0 Å². The zero-order valence-corrected chi connectivity index (χ0v) is 9.56. The third-order valence-corrected chi connectivity index (χ3v) is 3.05. The van der Waals surface area contributed by atoms with E-state index >= 15 is 0 Å². The first kappa shape index (κ1) is 11.0. The highest BCUT2D eigenvalue weighted by atomic mass is 15.2. The van der Waals surface area contributed by atoms with Gasteiger partial charge in [-0.15, -0.1) is 0 Å². The van der Waals surface area contributed by atoms with Crippen molar-refractivity contribution < 1.29 is 0 Å². The lowest BCUT2D eigenvalue weighted by Crippen LogP contribution is -2.47. The molecule has 0 spiro atoms. The Kier molecular flexibility index (Phi) is 3.74. The molecule has 1 rings (SSSR count). The SMILES string of the molecule is CNCC(C)N1CCCC(C)(C)C1. The van der Waals surface area contributed by atoms with Crippen LogP contribution in [0.1, 0.15) is 33.6 Å². The Morgan fingerprint density at radius 2 is 2.15 bits per heavy atom. The molecule has 1 fully saturated rings. The molecule has 1 N–H and O–H groups in total. The average Bonchev–Trinajstić information content (AvgIpc) is 2.03. The summed E-state index contributed by atoms with van der Waals surface area (Å²) in [5.74, 6) is 0.